The van der Waals surface area contributed by atoms with Crippen LogP contribution in [0.25, 0.3) is 0 Å². The topological polar surface area (TPSA) is 93.1 Å². The summed E-state index contributed by atoms with van der Waals surface area (Å²) in [4.78, 5) is 22.0. The molecule has 1 fully saturated rings. The molecule has 3 unspecified atom stereocenters. The summed E-state index contributed by atoms with van der Waals surface area (Å²) in [6.07, 6.45) is 0.946. The fourth-order valence-electron chi connectivity index (χ4n) is 3.03. The molecule has 0 amide bonds. The third-order valence-electron chi connectivity index (χ3n) is 4.18. The van der Waals surface area contributed by atoms with Crippen molar-refractivity contribution in [3.05, 3.63) is 23.8 Å². The lowest BCUT2D eigenvalue weighted by Crippen LogP contribution is -2.11. The predicted octanol–water partition coefficient (Wildman–Crippen LogP) is 2.37. The van der Waals surface area contributed by atoms with Gasteiger partial charge in [0.1, 0.15) is 0 Å². The number of carboxylic acid groups (broad SMARTS) is 2. The normalized spacial score (nSPS) is 21.0. The zero-order valence-electron chi connectivity index (χ0n) is 12.6. The highest BCUT2D eigenvalue weighted by molar-refractivity contribution is 5.74. The summed E-state index contributed by atoms with van der Waals surface area (Å²) in [6.45, 7) is 0. The van der Waals surface area contributed by atoms with E-state index in [1.54, 1.807) is 6.07 Å². The molecule has 6 heteroatoms. The smallest absolute Gasteiger partial charge is 0.306 e. The first-order valence-electron chi connectivity index (χ1n) is 7.15. The molecule has 1 aromatic carbocycles. The second-order valence-corrected chi connectivity index (χ2v) is 5.47. The number of carbonyl (C=O) groups is 2. The maximum Gasteiger partial charge on any atom is 0.306 e. The van der Waals surface area contributed by atoms with Gasteiger partial charge in [0.15, 0.2) is 11.5 Å². The van der Waals surface area contributed by atoms with E-state index in [4.69, 9.17) is 19.7 Å². The monoisotopic (exact) mass is 308 g/mol. The molecule has 0 spiro atoms. The number of methoxy groups -OCH3 is 2. The van der Waals surface area contributed by atoms with E-state index >= 15 is 0 Å². The van der Waals surface area contributed by atoms with Crippen LogP contribution in [0, 0.1) is 11.8 Å². The summed E-state index contributed by atoms with van der Waals surface area (Å²) in [6, 6.07) is 5.42. The summed E-state index contributed by atoms with van der Waals surface area (Å²) in [5.41, 5.74) is 0.817. The molecule has 2 rings (SSSR count). The number of benzene rings is 1. The Morgan fingerprint density at radius 3 is 2.50 bits per heavy atom. The van der Waals surface area contributed by atoms with Crippen molar-refractivity contribution in [2.45, 2.75) is 25.2 Å². The van der Waals surface area contributed by atoms with E-state index < -0.39 is 17.9 Å². The summed E-state index contributed by atoms with van der Waals surface area (Å²) >= 11 is 0. The number of rotatable bonds is 8. The number of carboxylic acids is 2. The van der Waals surface area contributed by atoms with Crippen LogP contribution in [0.4, 0.5) is 0 Å². The third-order valence-corrected chi connectivity index (χ3v) is 4.18. The number of hydrogen-bond donors (Lipinski definition) is 2. The van der Waals surface area contributed by atoms with Crippen molar-refractivity contribution in [3.63, 3.8) is 0 Å². The molecule has 22 heavy (non-hydrogen) atoms. The molecule has 0 aromatic heterocycles. The minimum atomic E-state index is -0.889. The Morgan fingerprint density at radius 1 is 1.27 bits per heavy atom. The van der Waals surface area contributed by atoms with Gasteiger partial charge in [0.05, 0.1) is 20.1 Å². The van der Waals surface area contributed by atoms with Crippen LogP contribution in [0.5, 0.6) is 11.5 Å². The van der Waals surface area contributed by atoms with Gasteiger partial charge in [-0.3, -0.25) is 9.59 Å². The maximum atomic E-state index is 11.2. The zero-order chi connectivity index (χ0) is 16.3. The average molecular weight is 308 g/mol. The van der Waals surface area contributed by atoms with Gasteiger partial charge in [-0.2, -0.15) is 0 Å². The minimum absolute atomic E-state index is 0.00608. The van der Waals surface area contributed by atoms with E-state index in [9.17, 15) is 9.59 Å². The lowest BCUT2D eigenvalue weighted by molar-refractivity contribution is -0.139. The maximum absolute atomic E-state index is 11.2. The van der Waals surface area contributed by atoms with Gasteiger partial charge in [0, 0.05) is 12.0 Å². The van der Waals surface area contributed by atoms with Gasteiger partial charge in [-0.1, -0.05) is 12.1 Å². The van der Waals surface area contributed by atoms with Gasteiger partial charge in [-0.05, 0) is 30.7 Å². The van der Waals surface area contributed by atoms with E-state index in [1.165, 1.54) is 14.2 Å². The number of para-hydroxylation sites is 1. The minimum Gasteiger partial charge on any atom is -0.493 e. The Bertz CT molecular complexity index is 568. The van der Waals surface area contributed by atoms with Crippen LogP contribution < -0.4 is 9.47 Å². The lowest BCUT2D eigenvalue weighted by atomic mass is 9.87. The third kappa shape index (κ3) is 3.32. The van der Waals surface area contributed by atoms with Crippen LogP contribution >= 0.6 is 0 Å². The van der Waals surface area contributed by atoms with Crippen LogP contribution in [-0.2, 0) is 9.59 Å². The quantitative estimate of drug-likeness (QED) is 0.766. The molecule has 1 saturated carbocycles. The summed E-state index contributed by atoms with van der Waals surface area (Å²) in [7, 11) is 3.06. The highest BCUT2D eigenvalue weighted by Crippen LogP contribution is 2.53. The van der Waals surface area contributed by atoms with Crippen LogP contribution in [0.1, 0.15) is 30.7 Å². The molecule has 0 aliphatic heterocycles. The highest BCUT2D eigenvalue weighted by Gasteiger charge is 2.48. The van der Waals surface area contributed by atoms with E-state index in [-0.39, 0.29) is 18.3 Å². The summed E-state index contributed by atoms with van der Waals surface area (Å²) in [5.74, 6) is -1.23. The number of hydrogen-bond acceptors (Lipinski definition) is 4. The first-order valence-corrected chi connectivity index (χ1v) is 7.15. The molecule has 0 heterocycles. The molecule has 2 N–H and O–H groups in total. The Morgan fingerprint density at radius 2 is 2.00 bits per heavy atom. The van der Waals surface area contributed by atoms with Crippen molar-refractivity contribution in [3.8, 4) is 11.5 Å². The van der Waals surface area contributed by atoms with Crippen LogP contribution in [0.3, 0.4) is 0 Å². The number of ether oxygens (including phenoxy) is 2. The van der Waals surface area contributed by atoms with Crippen molar-refractivity contribution in [2.75, 3.05) is 14.2 Å². The van der Waals surface area contributed by atoms with Crippen molar-refractivity contribution in [1.29, 1.82) is 0 Å². The molecule has 3 atom stereocenters. The van der Waals surface area contributed by atoms with Crippen molar-refractivity contribution in [1.82, 2.24) is 0 Å². The van der Waals surface area contributed by atoms with Crippen molar-refractivity contribution in [2.24, 2.45) is 11.8 Å². The van der Waals surface area contributed by atoms with Crippen LogP contribution in [0.2, 0.25) is 0 Å². The van der Waals surface area contributed by atoms with E-state index in [1.807, 2.05) is 12.1 Å². The Labute approximate surface area is 128 Å². The first-order chi connectivity index (χ1) is 10.5. The molecule has 1 aliphatic rings. The standard InChI is InChI=1S/C16H20O6/c1-21-13-5-3-4-10(15(13)22-2)9(6-7-14(17)18)11-8-12(11)16(19)20/h3-5,9,11-12H,6-8H2,1-2H3,(H,17,18)(H,19,20). The summed E-state index contributed by atoms with van der Waals surface area (Å²) < 4.78 is 10.7. The molecule has 6 nitrogen and oxygen atoms in total. The van der Waals surface area contributed by atoms with Gasteiger partial charge >= 0.3 is 11.9 Å². The molecular weight excluding hydrogens is 288 g/mol. The average Bonchev–Trinajstić information content (AvgIpc) is 3.27. The molecule has 1 aromatic rings. The number of aliphatic carboxylic acids is 2. The molecule has 1 aliphatic carbocycles. The summed E-state index contributed by atoms with van der Waals surface area (Å²) in [5, 5.41) is 18.1. The Hall–Kier alpha value is -2.24. The molecule has 120 valence electrons. The van der Waals surface area contributed by atoms with E-state index in [2.05, 4.69) is 0 Å². The Balaban J connectivity index is 2.32. The fraction of sp³-hybridized carbons (Fsp3) is 0.500. The lowest BCUT2D eigenvalue weighted by Gasteiger charge is -2.21. The van der Waals surface area contributed by atoms with E-state index in [0.29, 0.717) is 24.3 Å². The second-order valence-electron chi connectivity index (χ2n) is 5.47. The SMILES string of the molecule is COc1cccc(C(CCC(=O)O)C2CC2C(=O)O)c1OC. The first kappa shape index (κ1) is 16.1. The van der Waals surface area contributed by atoms with Crippen molar-refractivity contribution < 1.29 is 29.3 Å². The zero-order valence-corrected chi connectivity index (χ0v) is 12.6. The van der Waals surface area contributed by atoms with Crippen molar-refractivity contribution >= 4 is 11.9 Å². The van der Waals surface area contributed by atoms with Gasteiger partial charge < -0.3 is 19.7 Å². The van der Waals surface area contributed by atoms with E-state index in [0.717, 1.165) is 5.56 Å². The predicted molar refractivity (Wildman–Crippen MR) is 78.4 cm³/mol. The molecule has 0 radical (unpaired) electrons. The van der Waals surface area contributed by atoms with Gasteiger partial charge in [0.25, 0.3) is 0 Å². The molecular formula is C16H20O6. The molecule has 0 saturated heterocycles. The largest absolute Gasteiger partial charge is 0.493 e. The highest BCUT2D eigenvalue weighted by atomic mass is 16.5. The van der Waals surface area contributed by atoms with Gasteiger partial charge in [0.2, 0.25) is 0 Å². The fourth-order valence-corrected chi connectivity index (χ4v) is 3.03. The second kappa shape index (κ2) is 6.68. The van der Waals surface area contributed by atoms with Gasteiger partial charge in [-0.15, -0.1) is 0 Å². The van der Waals surface area contributed by atoms with Crippen LogP contribution in [-0.4, -0.2) is 36.4 Å². The Kier molecular flexibility index (Phi) is 4.90. The molecule has 0 bridgehead atoms. The van der Waals surface area contributed by atoms with Gasteiger partial charge in [-0.25, -0.2) is 0 Å². The van der Waals surface area contributed by atoms with Crippen LogP contribution in [0.15, 0.2) is 18.2 Å².